The Balaban J connectivity index is 2.22. The Morgan fingerprint density at radius 1 is 1.08 bits per heavy atom. The minimum Gasteiger partial charge on any atom is -0.324 e. The van der Waals surface area contributed by atoms with Gasteiger partial charge < -0.3 is 11.1 Å². The summed E-state index contributed by atoms with van der Waals surface area (Å²) in [7, 11) is -3.48. The molecule has 1 amide bonds. The maximum atomic E-state index is 12.5. The van der Waals surface area contributed by atoms with Crippen LogP contribution in [0.4, 0.5) is 5.69 Å². The van der Waals surface area contributed by atoms with Crippen LogP contribution >= 0.6 is 0 Å². The molecular weight excluding hydrogens is 324 g/mol. The van der Waals surface area contributed by atoms with E-state index in [1.165, 1.54) is 0 Å². The third-order valence-electron chi connectivity index (χ3n) is 3.66. The second-order valence-corrected chi connectivity index (χ2v) is 7.60. The summed E-state index contributed by atoms with van der Waals surface area (Å²) in [4.78, 5) is 12.4. The lowest BCUT2D eigenvalue weighted by atomic mass is 10.1. The summed E-state index contributed by atoms with van der Waals surface area (Å²) in [5.41, 5.74) is 6.83. The molecule has 2 aromatic carbocycles. The molecule has 2 rings (SSSR count). The Hall–Kier alpha value is -2.18. The number of nitrogens with two attached hydrogens (primary N) is 1. The van der Waals surface area contributed by atoms with Crippen molar-refractivity contribution in [2.45, 2.75) is 36.5 Å². The van der Waals surface area contributed by atoms with Crippen LogP contribution in [-0.2, 0) is 20.4 Å². The number of para-hydroxylation sites is 1. The number of benzene rings is 2. The summed E-state index contributed by atoms with van der Waals surface area (Å²) in [6.45, 7) is 1.95. The van der Waals surface area contributed by atoms with Gasteiger partial charge in [0.05, 0.1) is 16.7 Å². The van der Waals surface area contributed by atoms with E-state index in [9.17, 15) is 13.2 Å². The van der Waals surface area contributed by atoms with Gasteiger partial charge in [0.1, 0.15) is 0 Å². The van der Waals surface area contributed by atoms with Crippen LogP contribution in [0.15, 0.2) is 59.5 Å². The van der Waals surface area contributed by atoms with E-state index in [2.05, 4.69) is 5.32 Å². The highest BCUT2D eigenvalue weighted by Crippen LogP contribution is 2.22. The second-order valence-electron chi connectivity index (χ2n) is 5.61. The summed E-state index contributed by atoms with van der Waals surface area (Å²) in [5.74, 6) is -0.488. The van der Waals surface area contributed by atoms with Gasteiger partial charge in [-0.3, -0.25) is 4.79 Å². The second kappa shape index (κ2) is 8.08. The Morgan fingerprint density at radius 2 is 1.71 bits per heavy atom. The van der Waals surface area contributed by atoms with E-state index < -0.39 is 15.9 Å². The van der Waals surface area contributed by atoms with Gasteiger partial charge in [-0.05, 0) is 30.2 Å². The van der Waals surface area contributed by atoms with Gasteiger partial charge in [-0.2, -0.15) is 0 Å². The number of carbonyl (C=O) groups is 1. The molecule has 0 aliphatic heterocycles. The third kappa shape index (κ3) is 4.66. The highest BCUT2D eigenvalue weighted by molar-refractivity contribution is 7.90. The van der Waals surface area contributed by atoms with Gasteiger partial charge in [-0.25, -0.2) is 8.42 Å². The third-order valence-corrected chi connectivity index (χ3v) is 5.34. The van der Waals surface area contributed by atoms with E-state index in [4.69, 9.17) is 5.73 Å². The molecule has 0 radical (unpaired) electrons. The Morgan fingerprint density at radius 3 is 2.38 bits per heavy atom. The van der Waals surface area contributed by atoms with Crippen molar-refractivity contribution in [2.24, 2.45) is 5.73 Å². The predicted octanol–water partition coefficient (Wildman–Crippen LogP) is 2.73. The van der Waals surface area contributed by atoms with E-state index in [0.717, 1.165) is 6.42 Å². The van der Waals surface area contributed by atoms with Gasteiger partial charge in [0.2, 0.25) is 5.91 Å². The summed E-state index contributed by atoms with van der Waals surface area (Å²) in [6, 6.07) is 14.5. The summed E-state index contributed by atoms with van der Waals surface area (Å²) >= 11 is 0. The smallest absolute Gasteiger partial charge is 0.241 e. The molecule has 128 valence electrons. The van der Waals surface area contributed by atoms with E-state index in [1.54, 1.807) is 54.6 Å². The number of amides is 1. The van der Waals surface area contributed by atoms with E-state index in [1.807, 2.05) is 6.92 Å². The van der Waals surface area contributed by atoms with E-state index >= 15 is 0 Å². The van der Waals surface area contributed by atoms with Crippen LogP contribution < -0.4 is 11.1 Å². The molecule has 1 unspecified atom stereocenters. The first kappa shape index (κ1) is 18.2. The van der Waals surface area contributed by atoms with E-state index in [-0.39, 0.29) is 16.6 Å². The monoisotopic (exact) mass is 346 g/mol. The number of nitrogens with one attached hydrogen (secondary N) is 1. The van der Waals surface area contributed by atoms with Crippen LogP contribution in [0.5, 0.6) is 0 Å². The minimum atomic E-state index is -3.48. The summed E-state index contributed by atoms with van der Waals surface area (Å²) in [6.07, 6.45) is 1.38. The number of rotatable bonds is 7. The summed E-state index contributed by atoms with van der Waals surface area (Å²) in [5, 5.41) is 2.74. The normalized spacial score (nSPS) is 12.6. The van der Waals surface area contributed by atoms with Crippen molar-refractivity contribution in [2.75, 3.05) is 5.32 Å². The van der Waals surface area contributed by atoms with Crippen LogP contribution in [0.1, 0.15) is 25.3 Å². The zero-order valence-electron chi connectivity index (χ0n) is 13.6. The Bertz CT molecular complexity index is 789. The first-order chi connectivity index (χ1) is 11.4. The molecular formula is C18H22N2O3S. The first-order valence-corrected chi connectivity index (χ1v) is 9.51. The molecule has 6 heteroatoms. The number of anilines is 1. The summed E-state index contributed by atoms with van der Waals surface area (Å²) < 4.78 is 25.1. The average molecular weight is 346 g/mol. The fourth-order valence-electron chi connectivity index (χ4n) is 2.35. The Labute approximate surface area is 142 Å². The van der Waals surface area contributed by atoms with Crippen LogP contribution in [0.2, 0.25) is 0 Å². The average Bonchev–Trinajstić information content (AvgIpc) is 2.57. The quantitative estimate of drug-likeness (QED) is 0.807. The molecule has 0 heterocycles. The molecule has 1 atom stereocenters. The van der Waals surface area contributed by atoms with Gasteiger partial charge in [-0.1, -0.05) is 49.7 Å². The first-order valence-electron chi connectivity index (χ1n) is 7.86. The van der Waals surface area contributed by atoms with Gasteiger partial charge in [-0.15, -0.1) is 0 Å². The Kier molecular flexibility index (Phi) is 6.11. The van der Waals surface area contributed by atoms with Crippen LogP contribution in [0.3, 0.4) is 0 Å². The largest absolute Gasteiger partial charge is 0.324 e. The van der Waals surface area contributed by atoms with Gasteiger partial charge in [0, 0.05) is 5.69 Å². The molecule has 0 spiro atoms. The fraction of sp³-hybridized carbons (Fsp3) is 0.278. The standard InChI is InChI=1S/C18H22N2O3S/c1-2-8-16(19)18(21)20-17-12-7-6-9-14(17)13-24(22,23)15-10-4-3-5-11-15/h3-7,9-12,16H,2,8,13,19H2,1H3,(H,20,21). The molecule has 0 aromatic heterocycles. The van der Waals surface area contributed by atoms with Crippen molar-refractivity contribution < 1.29 is 13.2 Å². The van der Waals surface area contributed by atoms with Crippen LogP contribution in [-0.4, -0.2) is 20.4 Å². The zero-order valence-corrected chi connectivity index (χ0v) is 14.4. The topological polar surface area (TPSA) is 89.3 Å². The number of carbonyl (C=O) groups excluding carboxylic acids is 1. The predicted molar refractivity (Wildman–Crippen MR) is 95.3 cm³/mol. The maximum Gasteiger partial charge on any atom is 0.241 e. The highest BCUT2D eigenvalue weighted by Gasteiger charge is 2.19. The lowest BCUT2D eigenvalue weighted by Gasteiger charge is -2.14. The van der Waals surface area contributed by atoms with Crippen molar-refractivity contribution in [1.82, 2.24) is 0 Å². The number of hydrogen-bond donors (Lipinski definition) is 2. The SMILES string of the molecule is CCCC(N)C(=O)Nc1ccccc1CS(=O)(=O)c1ccccc1. The van der Waals surface area contributed by atoms with Gasteiger partial charge in [0.25, 0.3) is 0 Å². The number of sulfone groups is 1. The number of hydrogen-bond acceptors (Lipinski definition) is 4. The lowest BCUT2D eigenvalue weighted by molar-refractivity contribution is -0.117. The highest BCUT2D eigenvalue weighted by atomic mass is 32.2. The van der Waals surface area contributed by atoms with Crippen LogP contribution in [0.25, 0.3) is 0 Å². The molecule has 0 saturated carbocycles. The molecule has 0 fully saturated rings. The molecule has 5 nitrogen and oxygen atoms in total. The molecule has 0 aliphatic rings. The lowest BCUT2D eigenvalue weighted by Crippen LogP contribution is -2.35. The molecule has 3 N–H and O–H groups in total. The van der Waals surface area contributed by atoms with Crippen molar-refractivity contribution in [1.29, 1.82) is 0 Å². The molecule has 24 heavy (non-hydrogen) atoms. The van der Waals surface area contributed by atoms with E-state index in [0.29, 0.717) is 17.7 Å². The fourth-order valence-corrected chi connectivity index (χ4v) is 3.75. The molecule has 2 aromatic rings. The zero-order chi connectivity index (χ0) is 17.6. The van der Waals surface area contributed by atoms with Crippen LogP contribution in [0, 0.1) is 0 Å². The van der Waals surface area contributed by atoms with Gasteiger partial charge >= 0.3 is 0 Å². The molecule has 0 aliphatic carbocycles. The van der Waals surface area contributed by atoms with Gasteiger partial charge in [0.15, 0.2) is 9.84 Å². The maximum absolute atomic E-state index is 12.5. The van der Waals surface area contributed by atoms with Crippen molar-refractivity contribution >= 4 is 21.4 Å². The van der Waals surface area contributed by atoms with Crippen molar-refractivity contribution in [3.63, 3.8) is 0 Å². The van der Waals surface area contributed by atoms with Crippen molar-refractivity contribution in [3.8, 4) is 0 Å². The molecule has 0 bridgehead atoms. The van der Waals surface area contributed by atoms with Crippen molar-refractivity contribution in [3.05, 3.63) is 60.2 Å². The minimum absolute atomic E-state index is 0.184. The molecule has 0 saturated heterocycles.